The van der Waals surface area contributed by atoms with Crippen molar-refractivity contribution >= 4 is 5.91 Å². The topological polar surface area (TPSA) is 43.1 Å². The Morgan fingerprint density at radius 3 is 1.48 bits per heavy atom. The summed E-state index contributed by atoms with van der Waals surface area (Å²) in [6.07, 6.45) is 26.4. The number of carbonyl (C=O) groups is 1. The molecule has 0 heterocycles. The Morgan fingerprint density at radius 1 is 0.652 bits per heavy atom. The summed E-state index contributed by atoms with van der Waals surface area (Å²) < 4.78 is 0. The van der Waals surface area contributed by atoms with Gasteiger partial charge in [-0.25, -0.2) is 0 Å². The molecule has 23 heavy (non-hydrogen) atoms. The van der Waals surface area contributed by atoms with E-state index in [0.717, 1.165) is 12.8 Å². The number of carbonyl (C=O) groups excluding carboxylic acids is 1. The maximum atomic E-state index is 10.6. The van der Waals surface area contributed by atoms with Crippen LogP contribution in [0.5, 0.6) is 0 Å². The molecular weight excluding hydrogens is 282 g/mol. The predicted octanol–water partition coefficient (Wildman–Crippen LogP) is 6.68. The van der Waals surface area contributed by atoms with Gasteiger partial charge in [-0.3, -0.25) is 4.79 Å². The lowest BCUT2D eigenvalue weighted by molar-refractivity contribution is -0.118. The van der Waals surface area contributed by atoms with E-state index in [4.69, 9.17) is 5.73 Å². The summed E-state index contributed by atoms with van der Waals surface area (Å²) in [5.74, 6) is -0.185. The number of rotatable bonds is 18. The van der Waals surface area contributed by atoms with E-state index in [0.29, 0.717) is 6.42 Å². The second-order valence-electron chi connectivity index (χ2n) is 6.86. The second kappa shape index (κ2) is 19.3. The largest absolute Gasteiger partial charge is 0.370 e. The van der Waals surface area contributed by atoms with Crippen LogP contribution in [-0.2, 0) is 4.79 Å². The summed E-state index contributed by atoms with van der Waals surface area (Å²) in [6, 6.07) is 0. The number of amides is 1. The van der Waals surface area contributed by atoms with Crippen molar-refractivity contribution in [2.24, 2.45) is 5.73 Å². The molecule has 0 aromatic heterocycles. The maximum absolute atomic E-state index is 10.6. The van der Waals surface area contributed by atoms with Crippen molar-refractivity contribution in [1.29, 1.82) is 0 Å². The summed E-state index contributed by atoms with van der Waals surface area (Å²) in [4.78, 5) is 10.6. The molecule has 0 aliphatic rings. The van der Waals surface area contributed by atoms with Crippen LogP contribution in [0.25, 0.3) is 0 Å². The highest BCUT2D eigenvalue weighted by molar-refractivity contribution is 5.73. The molecule has 136 valence electrons. The number of unbranched alkanes of at least 4 members (excludes halogenated alkanes) is 14. The fraction of sp³-hybridized carbons (Fsp3) is 0.857. The van der Waals surface area contributed by atoms with Crippen molar-refractivity contribution in [2.75, 3.05) is 0 Å². The van der Waals surface area contributed by atoms with Crippen LogP contribution >= 0.6 is 0 Å². The normalized spacial score (nSPS) is 11.3. The molecule has 0 bridgehead atoms. The zero-order valence-electron chi connectivity index (χ0n) is 15.7. The summed E-state index contributed by atoms with van der Waals surface area (Å²) in [5, 5.41) is 0. The number of primary amides is 1. The van der Waals surface area contributed by atoms with Crippen LogP contribution in [0.4, 0.5) is 0 Å². The van der Waals surface area contributed by atoms with Crippen LogP contribution in [0, 0.1) is 0 Å². The third kappa shape index (κ3) is 21.2. The molecule has 0 rings (SSSR count). The first-order valence-corrected chi connectivity index (χ1v) is 10.2. The molecule has 1 amide bonds. The lowest BCUT2D eigenvalue weighted by atomic mass is 10.0. The van der Waals surface area contributed by atoms with E-state index < -0.39 is 0 Å². The monoisotopic (exact) mass is 323 g/mol. The molecule has 0 fully saturated rings. The van der Waals surface area contributed by atoms with Gasteiger partial charge in [0, 0.05) is 6.42 Å². The van der Waals surface area contributed by atoms with Crippen LogP contribution in [0.15, 0.2) is 12.2 Å². The second-order valence-corrected chi connectivity index (χ2v) is 6.86. The van der Waals surface area contributed by atoms with Gasteiger partial charge in [-0.1, -0.05) is 96.1 Å². The van der Waals surface area contributed by atoms with Crippen LogP contribution in [-0.4, -0.2) is 5.91 Å². The lowest BCUT2D eigenvalue weighted by Crippen LogP contribution is -2.09. The molecule has 0 aromatic carbocycles. The van der Waals surface area contributed by atoms with Crippen molar-refractivity contribution < 1.29 is 4.79 Å². The van der Waals surface area contributed by atoms with E-state index >= 15 is 0 Å². The zero-order valence-corrected chi connectivity index (χ0v) is 15.7. The van der Waals surface area contributed by atoms with Crippen molar-refractivity contribution in [2.45, 2.75) is 116 Å². The summed E-state index contributed by atoms with van der Waals surface area (Å²) >= 11 is 0. The zero-order chi connectivity index (χ0) is 17.0. The van der Waals surface area contributed by atoms with E-state index in [2.05, 4.69) is 19.1 Å². The Hall–Kier alpha value is -0.790. The molecular formula is C21H41NO. The Balaban J connectivity index is 3.05. The van der Waals surface area contributed by atoms with E-state index in [1.807, 2.05) is 0 Å². The number of hydrogen-bond donors (Lipinski definition) is 1. The highest BCUT2D eigenvalue weighted by Gasteiger charge is 1.94. The molecule has 0 radical (unpaired) electrons. The summed E-state index contributed by atoms with van der Waals surface area (Å²) in [5.41, 5.74) is 5.10. The Bertz CT molecular complexity index is 273. The molecule has 0 aliphatic carbocycles. The van der Waals surface area contributed by atoms with Gasteiger partial charge < -0.3 is 5.73 Å². The molecule has 2 heteroatoms. The highest BCUT2D eigenvalue weighted by Crippen LogP contribution is 2.13. The molecule has 0 saturated heterocycles. The molecule has 0 aliphatic heterocycles. The first kappa shape index (κ1) is 22.2. The molecule has 2 N–H and O–H groups in total. The molecule has 0 saturated carbocycles. The van der Waals surface area contributed by atoms with Crippen molar-refractivity contribution in [3.8, 4) is 0 Å². The number of allylic oxidation sites excluding steroid dienone is 2. The van der Waals surface area contributed by atoms with Crippen LogP contribution in [0.1, 0.15) is 116 Å². The Kier molecular flexibility index (Phi) is 18.6. The quantitative estimate of drug-likeness (QED) is 0.222. The molecule has 2 nitrogen and oxygen atoms in total. The molecule has 0 aromatic rings. The third-order valence-corrected chi connectivity index (χ3v) is 4.43. The minimum atomic E-state index is -0.185. The van der Waals surface area contributed by atoms with Crippen molar-refractivity contribution in [3.63, 3.8) is 0 Å². The smallest absolute Gasteiger partial charge is 0.217 e. The van der Waals surface area contributed by atoms with Gasteiger partial charge in [0.05, 0.1) is 0 Å². The number of hydrogen-bond acceptors (Lipinski definition) is 1. The SMILES string of the molecule is CCCCCCCCCCCCCCC/C=C/CCCC(N)=O. The fourth-order valence-corrected chi connectivity index (χ4v) is 2.91. The minimum Gasteiger partial charge on any atom is -0.370 e. The van der Waals surface area contributed by atoms with Gasteiger partial charge in [-0.05, 0) is 25.7 Å². The standard InChI is InChI=1S/C21H41NO/c1-2-3-4-5-6-7-8-9-10-11-12-13-14-15-16-17-18-19-20-21(22)23/h16-17H,2-15,18-20H2,1H3,(H2,22,23)/b17-16+. The van der Waals surface area contributed by atoms with Gasteiger partial charge in [0.2, 0.25) is 5.91 Å². The lowest BCUT2D eigenvalue weighted by Gasteiger charge is -2.02. The Morgan fingerprint density at radius 2 is 1.04 bits per heavy atom. The number of nitrogens with two attached hydrogens (primary N) is 1. The third-order valence-electron chi connectivity index (χ3n) is 4.43. The van der Waals surface area contributed by atoms with Gasteiger partial charge >= 0.3 is 0 Å². The van der Waals surface area contributed by atoms with Gasteiger partial charge in [0.15, 0.2) is 0 Å². The first-order valence-electron chi connectivity index (χ1n) is 10.2. The van der Waals surface area contributed by atoms with Crippen LogP contribution in [0.2, 0.25) is 0 Å². The van der Waals surface area contributed by atoms with Gasteiger partial charge in [0.25, 0.3) is 0 Å². The summed E-state index contributed by atoms with van der Waals surface area (Å²) in [7, 11) is 0. The fourth-order valence-electron chi connectivity index (χ4n) is 2.91. The average Bonchev–Trinajstić information content (AvgIpc) is 2.53. The van der Waals surface area contributed by atoms with E-state index in [-0.39, 0.29) is 5.91 Å². The van der Waals surface area contributed by atoms with Crippen LogP contribution in [0.3, 0.4) is 0 Å². The van der Waals surface area contributed by atoms with E-state index in [1.165, 1.54) is 89.9 Å². The maximum Gasteiger partial charge on any atom is 0.217 e. The van der Waals surface area contributed by atoms with Crippen molar-refractivity contribution in [3.05, 3.63) is 12.2 Å². The average molecular weight is 324 g/mol. The molecule has 0 atom stereocenters. The Labute approximate surface area is 145 Å². The van der Waals surface area contributed by atoms with E-state index in [1.54, 1.807) is 0 Å². The summed E-state index contributed by atoms with van der Waals surface area (Å²) in [6.45, 7) is 2.28. The minimum absolute atomic E-state index is 0.185. The molecule has 0 spiro atoms. The van der Waals surface area contributed by atoms with Gasteiger partial charge in [-0.2, -0.15) is 0 Å². The van der Waals surface area contributed by atoms with Gasteiger partial charge in [-0.15, -0.1) is 0 Å². The van der Waals surface area contributed by atoms with Crippen LogP contribution < -0.4 is 5.73 Å². The van der Waals surface area contributed by atoms with Crippen molar-refractivity contribution in [1.82, 2.24) is 0 Å². The predicted molar refractivity (Wildman–Crippen MR) is 102 cm³/mol. The molecule has 0 unspecified atom stereocenters. The first-order chi connectivity index (χ1) is 11.3. The van der Waals surface area contributed by atoms with E-state index in [9.17, 15) is 4.79 Å². The van der Waals surface area contributed by atoms with Gasteiger partial charge in [0.1, 0.15) is 0 Å². The highest BCUT2D eigenvalue weighted by atomic mass is 16.1.